The minimum atomic E-state index is -1.02. The van der Waals surface area contributed by atoms with Gasteiger partial charge in [0.1, 0.15) is 5.58 Å². The average molecular weight is 479 g/mol. The van der Waals surface area contributed by atoms with E-state index in [1.54, 1.807) is 48.7 Å². The number of fused-ring (bicyclic) bond motifs is 1. The number of aromatic nitrogens is 1. The number of thiazole rings is 1. The largest absolute Gasteiger partial charge is 0.473 e. The molecule has 8 nitrogen and oxygen atoms in total. The Kier molecular flexibility index (Phi) is 7.03. The zero-order chi connectivity index (χ0) is 24.1. The van der Waals surface area contributed by atoms with E-state index in [1.165, 1.54) is 18.3 Å². The number of esters is 1. The van der Waals surface area contributed by atoms with Crippen molar-refractivity contribution in [2.45, 2.75) is 26.4 Å². The molecule has 2 aromatic heterocycles. The maximum Gasteiger partial charge on any atom is 0.311 e. The van der Waals surface area contributed by atoms with Gasteiger partial charge in [0.2, 0.25) is 11.2 Å². The van der Waals surface area contributed by atoms with E-state index in [0.29, 0.717) is 27.4 Å². The zero-order valence-corrected chi connectivity index (χ0v) is 19.4. The normalized spacial score (nSPS) is 11.7. The summed E-state index contributed by atoms with van der Waals surface area (Å²) in [7, 11) is 0. The first-order valence-corrected chi connectivity index (χ1v) is 11.5. The predicted octanol–water partition coefficient (Wildman–Crippen LogP) is 4.43. The van der Waals surface area contributed by atoms with Crippen molar-refractivity contribution in [1.82, 2.24) is 4.98 Å². The van der Waals surface area contributed by atoms with Crippen LogP contribution in [0.4, 0.5) is 5.13 Å². The van der Waals surface area contributed by atoms with Crippen molar-refractivity contribution in [2.24, 2.45) is 0 Å². The van der Waals surface area contributed by atoms with Crippen molar-refractivity contribution in [3.63, 3.8) is 0 Å². The molecule has 2 heterocycles. The minimum Gasteiger partial charge on any atom is -0.473 e. The van der Waals surface area contributed by atoms with E-state index in [4.69, 9.17) is 13.9 Å². The Hall–Kier alpha value is -3.98. The van der Waals surface area contributed by atoms with Crippen molar-refractivity contribution in [1.29, 1.82) is 0 Å². The van der Waals surface area contributed by atoms with Gasteiger partial charge in [-0.15, -0.1) is 11.3 Å². The van der Waals surface area contributed by atoms with E-state index < -0.39 is 12.0 Å². The minimum absolute atomic E-state index is 0.0187. The lowest BCUT2D eigenvalue weighted by Crippen LogP contribution is -2.31. The molecule has 1 N–H and O–H groups in total. The predicted molar refractivity (Wildman–Crippen MR) is 129 cm³/mol. The second kappa shape index (κ2) is 10.3. The molecule has 0 aliphatic carbocycles. The number of carbonyl (C=O) groups excluding carboxylic acids is 2. The molecule has 34 heavy (non-hydrogen) atoms. The van der Waals surface area contributed by atoms with Crippen LogP contribution >= 0.6 is 11.3 Å². The number of para-hydroxylation sites is 1. The van der Waals surface area contributed by atoms with Crippen LogP contribution in [0.5, 0.6) is 5.75 Å². The van der Waals surface area contributed by atoms with Gasteiger partial charge in [0.15, 0.2) is 17.0 Å². The lowest BCUT2D eigenvalue weighted by atomic mass is 10.1. The highest BCUT2D eigenvalue weighted by molar-refractivity contribution is 7.13. The molecule has 0 radical (unpaired) electrons. The van der Waals surface area contributed by atoms with E-state index in [2.05, 4.69) is 10.3 Å². The topological polar surface area (TPSA) is 108 Å². The summed E-state index contributed by atoms with van der Waals surface area (Å²) in [5, 5.41) is 5.00. The van der Waals surface area contributed by atoms with Gasteiger partial charge >= 0.3 is 5.97 Å². The number of benzene rings is 2. The Morgan fingerprint density at radius 2 is 1.85 bits per heavy atom. The van der Waals surface area contributed by atoms with Crippen molar-refractivity contribution in [3.05, 3.63) is 75.9 Å². The number of nitrogens with zero attached hydrogens (tertiary/aromatic N) is 1. The molecule has 0 bridgehead atoms. The maximum absolute atomic E-state index is 13.2. The number of amides is 1. The quantitative estimate of drug-likeness (QED) is 0.373. The van der Waals surface area contributed by atoms with Crippen molar-refractivity contribution in [2.75, 3.05) is 11.9 Å². The summed E-state index contributed by atoms with van der Waals surface area (Å²) < 4.78 is 16.8. The van der Waals surface area contributed by atoms with Crippen molar-refractivity contribution in [3.8, 4) is 17.1 Å². The van der Waals surface area contributed by atoms with Crippen LogP contribution in [0.1, 0.15) is 19.5 Å². The number of hydrogen-bond acceptors (Lipinski definition) is 8. The summed E-state index contributed by atoms with van der Waals surface area (Å²) in [6.07, 6.45) is -1.01. The Labute approximate surface area is 199 Å². The Bertz CT molecular complexity index is 1380. The van der Waals surface area contributed by atoms with Crippen LogP contribution in [0.25, 0.3) is 22.3 Å². The molecular formula is C25H22N2O6S. The molecule has 9 heteroatoms. The SMILES string of the molecule is CCOC(=O)Cc1csc(NC(=O)C(C)Oc2c(-c3ccccc3)oc3ccccc3c2=O)n1. The molecule has 1 atom stereocenters. The van der Waals surface area contributed by atoms with E-state index in [-0.39, 0.29) is 35.9 Å². The van der Waals surface area contributed by atoms with Crippen LogP contribution in [0.2, 0.25) is 0 Å². The maximum atomic E-state index is 13.2. The third-order valence-corrected chi connectivity index (χ3v) is 5.68. The molecule has 0 spiro atoms. The van der Waals surface area contributed by atoms with Crippen LogP contribution in [-0.4, -0.2) is 29.6 Å². The van der Waals surface area contributed by atoms with E-state index in [0.717, 1.165) is 0 Å². The third kappa shape index (κ3) is 5.15. The van der Waals surface area contributed by atoms with Gasteiger partial charge in [-0.05, 0) is 26.0 Å². The number of nitrogens with one attached hydrogen (secondary N) is 1. The van der Waals surface area contributed by atoms with Gasteiger partial charge < -0.3 is 13.9 Å². The average Bonchev–Trinajstić information content (AvgIpc) is 3.27. The van der Waals surface area contributed by atoms with Gasteiger partial charge in [-0.2, -0.15) is 0 Å². The van der Waals surface area contributed by atoms with E-state index >= 15 is 0 Å². The number of ether oxygens (including phenoxy) is 2. The summed E-state index contributed by atoms with van der Waals surface area (Å²) in [6.45, 7) is 3.55. The first-order chi connectivity index (χ1) is 16.5. The molecular weight excluding hydrogens is 456 g/mol. The summed E-state index contributed by atoms with van der Waals surface area (Å²) in [5.41, 5.74) is 1.20. The Balaban J connectivity index is 1.57. The molecule has 0 aliphatic rings. The van der Waals surface area contributed by atoms with Gasteiger partial charge in [0.25, 0.3) is 5.91 Å². The standard InChI is InChI=1S/C25H22N2O6S/c1-3-31-20(28)13-17-14-34-25(26-17)27-24(30)15(2)32-23-21(29)18-11-7-8-12-19(18)33-22(23)16-9-5-4-6-10-16/h4-12,14-15H,3,13H2,1-2H3,(H,26,27,30). The number of hydrogen-bond donors (Lipinski definition) is 1. The van der Waals surface area contributed by atoms with Gasteiger partial charge in [-0.3, -0.25) is 19.7 Å². The molecule has 2 aromatic carbocycles. The highest BCUT2D eigenvalue weighted by Crippen LogP contribution is 2.31. The fraction of sp³-hybridized carbons (Fsp3) is 0.200. The third-order valence-electron chi connectivity index (χ3n) is 4.87. The molecule has 1 amide bonds. The fourth-order valence-corrected chi connectivity index (χ4v) is 3.97. The van der Waals surface area contributed by atoms with Crippen LogP contribution in [0, 0.1) is 0 Å². The summed E-state index contributed by atoms with van der Waals surface area (Å²) >= 11 is 1.18. The summed E-state index contributed by atoms with van der Waals surface area (Å²) in [4.78, 5) is 41.9. The molecule has 4 aromatic rings. The molecule has 174 valence electrons. The highest BCUT2D eigenvalue weighted by atomic mass is 32.1. The van der Waals surface area contributed by atoms with Crippen LogP contribution < -0.4 is 15.5 Å². The lowest BCUT2D eigenvalue weighted by molar-refractivity contribution is -0.142. The summed E-state index contributed by atoms with van der Waals surface area (Å²) in [6, 6.07) is 16.0. The van der Waals surface area contributed by atoms with Crippen LogP contribution in [0.15, 0.2) is 69.2 Å². The first kappa shape index (κ1) is 23.2. The van der Waals surface area contributed by atoms with Gasteiger partial charge in [-0.1, -0.05) is 42.5 Å². The monoisotopic (exact) mass is 478 g/mol. The zero-order valence-electron chi connectivity index (χ0n) is 18.6. The van der Waals surface area contributed by atoms with E-state index in [9.17, 15) is 14.4 Å². The van der Waals surface area contributed by atoms with Gasteiger partial charge in [0.05, 0.1) is 24.1 Å². The van der Waals surface area contributed by atoms with Crippen LogP contribution in [-0.2, 0) is 20.7 Å². The summed E-state index contributed by atoms with van der Waals surface area (Å²) in [5.74, 6) is -0.688. The van der Waals surface area contributed by atoms with Crippen molar-refractivity contribution >= 4 is 39.3 Å². The molecule has 0 fully saturated rings. The molecule has 0 saturated carbocycles. The number of rotatable bonds is 8. The molecule has 0 aliphatic heterocycles. The van der Waals surface area contributed by atoms with Crippen LogP contribution in [0.3, 0.4) is 0 Å². The number of carbonyl (C=O) groups is 2. The van der Waals surface area contributed by atoms with Gasteiger partial charge in [0, 0.05) is 10.9 Å². The highest BCUT2D eigenvalue weighted by Gasteiger charge is 2.23. The second-order valence-electron chi connectivity index (χ2n) is 7.33. The lowest BCUT2D eigenvalue weighted by Gasteiger charge is -2.16. The first-order valence-electron chi connectivity index (χ1n) is 10.6. The van der Waals surface area contributed by atoms with Crippen molar-refractivity contribution < 1.29 is 23.5 Å². The molecule has 1 unspecified atom stereocenters. The van der Waals surface area contributed by atoms with Gasteiger partial charge in [-0.25, -0.2) is 4.98 Å². The molecule has 0 saturated heterocycles. The Morgan fingerprint density at radius 1 is 1.12 bits per heavy atom. The van der Waals surface area contributed by atoms with E-state index in [1.807, 2.05) is 18.2 Å². The Morgan fingerprint density at radius 3 is 2.62 bits per heavy atom. The fourth-order valence-electron chi connectivity index (χ4n) is 3.25. The second-order valence-corrected chi connectivity index (χ2v) is 8.18. The number of anilines is 1. The molecule has 4 rings (SSSR count). The smallest absolute Gasteiger partial charge is 0.311 e.